The van der Waals surface area contributed by atoms with Crippen molar-refractivity contribution in [3.8, 4) is 5.69 Å². The van der Waals surface area contributed by atoms with Crippen LogP contribution in [0.2, 0.25) is 0 Å². The van der Waals surface area contributed by atoms with E-state index in [0.717, 1.165) is 27.1 Å². The van der Waals surface area contributed by atoms with E-state index in [1.165, 1.54) is 23.9 Å². The lowest BCUT2D eigenvalue weighted by Crippen LogP contribution is -2.13. The zero-order valence-corrected chi connectivity index (χ0v) is 17.6. The molecule has 0 saturated heterocycles. The topological polar surface area (TPSA) is 64.7 Å². The van der Waals surface area contributed by atoms with Gasteiger partial charge in [0.05, 0.1) is 5.56 Å². The third kappa shape index (κ3) is 3.99. The quantitative estimate of drug-likeness (QED) is 0.504. The molecule has 0 unspecified atom stereocenters. The lowest BCUT2D eigenvalue weighted by Gasteiger charge is -2.10. The highest BCUT2D eigenvalue weighted by atomic mass is 32.2. The van der Waals surface area contributed by atoms with Gasteiger partial charge in [-0.25, -0.2) is 4.39 Å². The van der Waals surface area contributed by atoms with Gasteiger partial charge in [-0.15, -0.1) is 10.2 Å². The smallest absolute Gasteiger partial charge is 0.257 e. The van der Waals surface area contributed by atoms with E-state index in [4.69, 9.17) is 0 Å². The summed E-state index contributed by atoms with van der Waals surface area (Å²) in [4.78, 5) is 13.9. The minimum absolute atomic E-state index is 0.190. The zero-order valence-electron chi connectivity index (χ0n) is 16.8. The van der Waals surface area contributed by atoms with Crippen LogP contribution in [0.3, 0.4) is 0 Å². The van der Waals surface area contributed by atoms with E-state index in [1.807, 2.05) is 60.4 Å². The van der Waals surface area contributed by atoms with E-state index in [9.17, 15) is 9.18 Å². The van der Waals surface area contributed by atoms with E-state index in [-0.39, 0.29) is 11.7 Å². The molecule has 2 aromatic heterocycles. The highest BCUT2D eigenvalue weighted by Gasteiger charge is 2.17. The Hall–Kier alpha value is -3.39. The van der Waals surface area contributed by atoms with Crippen LogP contribution in [0.5, 0.6) is 0 Å². The predicted molar refractivity (Wildman–Crippen MR) is 115 cm³/mol. The fourth-order valence-corrected chi connectivity index (χ4v) is 4.02. The maximum absolute atomic E-state index is 13.3. The highest BCUT2D eigenvalue weighted by molar-refractivity contribution is 7.99. The summed E-state index contributed by atoms with van der Waals surface area (Å²) in [6, 6.07) is 15.6. The van der Waals surface area contributed by atoms with Gasteiger partial charge in [0.25, 0.3) is 5.91 Å². The standard InChI is InChI=1S/C22H20FN5OS/c1-14-12-20(15(2)28(14)18-8-4-16(23)5-9-18)21(29)25-17-6-10-19(11-7-17)30-22-26-24-13-27(22)3/h4-13H,1-3H3,(H,25,29). The minimum atomic E-state index is -0.292. The molecule has 30 heavy (non-hydrogen) atoms. The SMILES string of the molecule is Cc1cc(C(=O)Nc2ccc(Sc3nncn3C)cc2)c(C)n1-c1ccc(F)cc1. The van der Waals surface area contributed by atoms with E-state index in [2.05, 4.69) is 15.5 Å². The molecule has 0 bridgehead atoms. The summed E-state index contributed by atoms with van der Waals surface area (Å²) in [7, 11) is 1.89. The van der Waals surface area contributed by atoms with Crippen LogP contribution in [0.4, 0.5) is 10.1 Å². The van der Waals surface area contributed by atoms with Gasteiger partial charge in [-0.05, 0) is 80.2 Å². The first-order chi connectivity index (χ1) is 14.4. The Labute approximate surface area is 177 Å². The molecule has 1 N–H and O–H groups in total. The predicted octanol–water partition coefficient (Wildman–Crippen LogP) is 4.77. The number of aryl methyl sites for hydroxylation is 2. The molecule has 0 radical (unpaired) electrons. The second kappa shape index (κ2) is 8.16. The van der Waals surface area contributed by atoms with E-state index < -0.39 is 0 Å². The van der Waals surface area contributed by atoms with Gasteiger partial charge in [0.1, 0.15) is 12.1 Å². The minimum Gasteiger partial charge on any atom is -0.322 e. The Balaban J connectivity index is 1.51. The van der Waals surface area contributed by atoms with Crippen LogP contribution in [0.1, 0.15) is 21.7 Å². The number of carbonyl (C=O) groups excluding carboxylic acids is 1. The average Bonchev–Trinajstić information content (AvgIpc) is 3.26. The van der Waals surface area contributed by atoms with Crippen molar-refractivity contribution in [1.82, 2.24) is 19.3 Å². The Bertz CT molecular complexity index is 1200. The molecule has 8 heteroatoms. The van der Waals surface area contributed by atoms with Crippen LogP contribution in [0.15, 0.2) is 71.0 Å². The number of hydrogen-bond acceptors (Lipinski definition) is 4. The van der Waals surface area contributed by atoms with Gasteiger partial charge < -0.3 is 14.5 Å². The first-order valence-corrected chi connectivity index (χ1v) is 10.1. The molecule has 4 rings (SSSR count). The summed E-state index contributed by atoms with van der Waals surface area (Å²) in [5.41, 5.74) is 3.80. The summed E-state index contributed by atoms with van der Waals surface area (Å²) in [5.74, 6) is -0.481. The molecule has 0 spiro atoms. The summed E-state index contributed by atoms with van der Waals surface area (Å²) in [5, 5.41) is 11.7. The van der Waals surface area contributed by atoms with Crippen molar-refractivity contribution in [3.05, 3.63) is 83.7 Å². The van der Waals surface area contributed by atoms with Crippen LogP contribution in [-0.2, 0) is 7.05 Å². The van der Waals surface area contributed by atoms with Crippen molar-refractivity contribution < 1.29 is 9.18 Å². The summed E-state index contributed by atoms with van der Waals surface area (Å²) in [6.45, 7) is 3.80. The van der Waals surface area contributed by atoms with E-state index in [0.29, 0.717) is 11.3 Å². The molecule has 0 fully saturated rings. The highest BCUT2D eigenvalue weighted by Crippen LogP contribution is 2.27. The van der Waals surface area contributed by atoms with Gasteiger partial charge in [0, 0.05) is 34.7 Å². The second-order valence-corrected chi connectivity index (χ2v) is 7.94. The number of benzene rings is 2. The van der Waals surface area contributed by atoms with Crippen molar-refractivity contribution in [2.75, 3.05) is 5.32 Å². The Morgan fingerprint density at radius 1 is 1.07 bits per heavy atom. The maximum Gasteiger partial charge on any atom is 0.257 e. The normalized spacial score (nSPS) is 10.9. The number of nitrogens with zero attached hydrogens (tertiary/aromatic N) is 4. The van der Waals surface area contributed by atoms with Crippen LogP contribution in [0, 0.1) is 19.7 Å². The third-order valence-electron chi connectivity index (χ3n) is 4.75. The molecule has 2 aromatic carbocycles. The molecule has 1 amide bonds. The van der Waals surface area contributed by atoms with Crippen LogP contribution in [-0.4, -0.2) is 25.2 Å². The van der Waals surface area contributed by atoms with Crippen molar-refractivity contribution in [1.29, 1.82) is 0 Å². The van der Waals surface area contributed by atoms with Crippen LogP contribution < -0.4 is 5.32 Å². The van der Waals surface area contributed by atoms with Crippen molar-refractivity contribution in [2.24, 2.45) is 7.05 Å². The fraction of sp³-hybridized carbons (Fsp3) is 0.136. The number of carbonyl (C=O) groups is 1. The van der Waals surface area contributed by atoms with Crippen molar-refractivity contribution >= 4 is 23.4 Å². The molecule has 0 saturated carbocycles. The molecule has 152 valence electrons. The number of anilines is 1. The zero-order chi connectivity index (χ0) is 21.3. The van der Waals surface area contributed by atoms with Crippen LogP contribution in [0.25, 0.3) is 5.69 Å². The Kier molecular flexibility index (Phi) is 5.41. The maximum atomic E-state index is 13.3. The first-order valence-electron chi connectivity index (χ1n) is 9.30. The molecule has 6 nitrogen and oxygen atoms in total. The summed E-state index contributed by atoms with van der Waals surface area (Å²) < 4.78 is 17.0. The molecule has 0 aliphatic rings. The van der Waals surface area contributed by atoms with Crippen LogP contribution >= 0.6 is 11.8 Å². The second-order valence-electron chi connectivity index (χ2n) is 6.90. The van der Waals surface area contributed by atoms with Gasteiger partial charge in [-0.1, -0.05) is 0 Å². The average molecular weight is 422 g/mol. The number of nitrogens with one attached hydrogen (secondary N) is 1. The number of hydrogen-bond donors (Lipinski definition) is 1. The fourth-order valence-electron chi connectivity index (χ4n) is 3.26. The lowest BCUT2D eigenvalue weighted by atomic mass is 10.2. The molecule has 0 aliphatic heterocycles. The first kappa shape index (κ1) is 19.9. The summed E-state index contributed by atoms with van der Waals surface area (Å²) in [6.07, 6.45) is 1.65. The molecular weight excluding hydrogens is 401 g/mol. The van der Waals surface area contributed by atoms with Crippen molar-refractivity contribution in [2.45, 2.75) is 23.9 Å². The van der Waals surface area contributed by atoms with Gasteiger partial charge >= 0.3 is 0 Å². The molecule has 2 heterocycles. The number of halogens is 1. The largest absolute Gasteiger partial charge is 0.322 e. The van der Waals surface area contributed by atoms with Gasteiger partial charge in [0.15, 0.2) is 5.16 Å². The molecule has 0 aliphatic carbocycles. The van der Waals surface area contributed by atoms with Gasteiger partial charge in [-0.2, -0.15) is 0 Å². The van der Waals surface area contributed by atoms with Gasteiger partial charge in [0.2, 0.25) is 0 Å². The Morgan fingerprint density at radius 2 is 1.77 bits per heavy atom. The molecular formula is C22H20FN5OS. The van der Waals surface area contributed by atoms with E-state index >= 15 is 0 Å². The van der Waals surface area contributed by atoms with Gasteiger partial charge in [-0.3, -0.25) is 4.79 Å². The van der Waals surface area contributed by atoms with E-state index in [1.54, 1.807) is 18.5 Å². The lowest BCUT2D eigenvalue weighted by molar-refractivity contribution is 0.102. The summed E-state index contributed by atoms with van der Waals surface area (Å²) >= 11 is 1.50. The monoisotopic (exact) mass is 421 g/mol. The number of amides is 1. The molecule has 0 atom stereocenters. The number of aromatic nitrogens is 4. The number of rotatable bonds is 5. The van der Waals surface area contributed by atoms with Crippen molar-refractivity contribution in [3.63, 3.8) is 0 Å². The Morgan fingerprint density at radius 3 is 2.40 bits per heavy atom. The molecule has 4 aromatic rings. The third-order valence-corrected chi connectivity index (χ3v) is 5.81.